The van der Waals surface area contributed by atoms with Crippen molar-refractivity contribution in [1.82, 2.24) is 0 Å². The minimum absolute atomic E-state index is 0.0481. The molecular weight excluding hydrogens is 324 g/mol. The molecular formula is C18H22N2O3S. The molecule has 1 aromatic rings. The number of nitrogens with one attached hydrogen (secondary N) is 1. The van der Waals surface area contributed by atoms with E-state index in [1.165, 1.54) is 16.2 Å². The fraction of sp³-hybridized carbons (Fsp3) is 0.611. The van der Waals surface area contributed by atoms with Crippen LogP contribution < -0.4 is 5.32 Å². The molecule has 5 nitrogen and oxygen atoms in total. The first-order valence-electron chi connectivity index (χ1n) is 8.59. The van der Waals surface area contributed by atoms with Gasteiger partial charge in [-0.15, -0.1) is 11.3 Å². The summed E-state index contributed by atoms with van der Waals surface area (Å²) in [6.07, 6.45) is 7.94. The Balaban J connectivity index is 1.74. The van der Waals surface area contributed by atoms with Crippen LogP contribution in [0.5, 0.6) is 0 Å². The van der Waals surface area contributed by atoms with E-state index in [2.05, 4.69) is 11.4 Å². The van der Waals surface area contributed by atoms with Gasteiger partial charge in [-0.2, -0.15) is 5.26 Å². The molecule has 2 N–H and O–H groups in total. The molecule has 0 aromatic carbocycles. The molecule has 0 atom stereocenters. The van der Waals surface area contributed by atoms with Gasteiger partial charge in [0.05, 0.1) is 12.0 Å². The van der Waals surface area contributed by atoms with Crippen molar-refractivity contribution in [1.29, 1.82) is 5.26 Å². The minimum atomic E-state index is -0.839. The Morgan fingerprint density at radius 3 is 2.54 bits per heavy atom. The van der Waals surface area contributed by atoms with Crippen LogP contribution in [0.15, 0.2) is 0 Å². The van der Waals surface area contributed by atoms with Crippen LogP contribution in [0.2, 0.25) is 0 Å². The first-order chi connectivity index (χ1) is 11.5. The highest BCUT2D eigenvalue weighted by atomic mass is 32.1. The van der Waals surface area contributed by atoms with Crippen molar-refractivity contribution in [3.8, 4) is 6.07 Å². The van der Waals surface area contributed by atoms with E-state index in [1.807, 2.05) is 0 Å². The lowest BCUT2D eigenvalue weighted by Crippen LogP contribution is -2.27. The van der Waals surface area contributed by atoms with Gasteiger partial charge in [-0.25, -0.2) is 0 Å². The highest BCUT2D eigenvalue weighted by Gasteiger charge is 2.38. The third kappa shape index (κ3) is 3.46. The van der Waals surface area contributed by atoms with Gasteiger partial charge in [-0.1, -0.05) is 12.8 Å². The van der Waals surface area contributed by atoms with Crippen LogP contribution in [0.1, 0.15) is 67.4 Å². The van der Waals surface area contributed by atoms with Crippen LogP contribution in [-0.2, 0) is 22.4 Å². The second kappa shape index (κ2) is 6.94. The molecule has 0 saturated heterocycles. The molecule has 0 aliphatic heterocycles. The van der Waals surface area contributed by atoms with Crippen molar-refractivity contribution in [2.24, 2.45) is 5.41 Å². The van der Waals surface area contributed by atoms with Gasteiger partial charge in [0.25, 0.3) is 0 Å². The van der Waals surface area contributed by atoms with Crippen molar-refractivity contribution >= 4 is 28.2 Å². The molecule has 3 rings (SSSR count). The summed E-state index contributed by atoms with van der Waals surface area (Å²) in [6, 6.07) is 2.25. The molecule has 24 heavy (non-hydrogen) atoms. The monoisotopic (exact) mass is 346 g/mol. The lowest BCUT2D eigenvalue weighted by atomic mass is 9.79. The molecule has 2 aliphatic carbocycles. The number of hydrogen-bond donors (Lipinski definition) is 2. The highest BCUT2D eigenvalue weighted by molar-refractivity contribution is 7.16. The predicted molar refractivity (Wildman–Crippen MR) is 92.1 cm³/mol. The van der Waals surface area contributed by atoms with Gasteiger partial charge >= 0.3 is 5.97 Å². The fourth-order valence-corrected chi connectivity index (χ4v) is 5.40. The summed E-state index contributed by atoms with van der Waals surface area (Å²) in [5.74, 6) is -0.998. The fourth-order valence-electron chi connectivity index (χ4n) is 4.15. The molecule has 1 fully saturated rings. The number of carbonyl (C=O) groups is 2. The topological polar surface area (TPSA) is 90.2 Å². The van der Waals surface area contributed by atoms with Crippen molar-refractivity contribution in [3.05, 3.63) is 16.0 Å². The Hall–Kier alpha value is -1.87. The summed E-state index contributed by atoms with van der Waals surface area (Å²) >= 11 is 1.51. The van der Waals surface area contributed by atoms with Gasteiger partial charge in [-0.05, 0) is 49.5 Å². The van der Waals surface area contributed by atoms with Crippen LogP contribution in [0.4, 0.5) is 5.00 Å². The maximum atomic E-state index is 12.5. The molecule has 6 heteroatoms. The lowest BCUT2D eigenvalue weighted by molar-refractivity contribution is -0.140. The van der Waals surface area contributed by atoms with Crippen molar-refractivity contribution < 1.29 is 14.7 Å². The number of fused-ring (bicyclic) bond motifs is 1. The second-order valence-corrected chi connectivity index (χ2v) is 8.13. The normalized spacial score (nSPS) is 18.6. The number of hydrogen-bond acceptors (Lipinski definition) is 4. The quantitative estimate of drug-likeness (QED) is 0.847. The molecule has 1 amide bonds. The Kier molecular flexibility index (Phi) is 4.91. The molecule has 128 valence electrons. The molecule has 2 aliphatic rings. The van der Waals surface area contributed by atoms with E-state index >= 15 is 0 Å². The third-order valence-corrected chi connectivity index (χ3v) is 6.47. The van der Waals surface area contributed by atoms with Crippen LogP contribution >= 0.6 is 11.3 Å². The summed E-state index contributed by atoms with van der Waals surface area (Å²) in [5.41, 5.74) is 1.30. The van der Waals surface area contributed by atoms with Crippen LogP contribution in [0.25, 0.3) is 0 Å². The van der Waals surface area contributed by atoms with Crippen molar-refractivity contribution in [2.45, 2.75) is 64.2 Å². The first-order valence-corrected chi connectivity index (χ1v) is 9.41. The predicted octanol–water partition coefficient (Wildman–Crippen LogP) is 3.86. The number of aliphatic carboxylic acids is 1. The molecule has 0 unspecified atom stereocenters. The first kappa shape index (κ1) is 17.0. The van der Waals surface area contributed by atoms with E-state index in [9.17, 15) is 14.9 Å². The molecule has 0 spiro atoms. The Labute approximate surface area is 145 Å². The average Bonchev–Trinajstić information content (AvgIpc) is 3.10. The Bertz CT molecular complexity index is 696. The van der Waals surface area contributed by atoms with Crippen molar-refractivity contribution in [2.75, 3.05) is 5.32 Å². The zero-order chi connectivity index (χ0) is 17.2. The molecule has 0 radical (unpaired) electrons. The summed E-state index contributed by atoms with van der Waals surface area (Å²) in [4.78, 5) is 24.9. The molecule has 0 bridgehead atoms. The lowest BCUT2D eigenvalue weighted by Gasteiger charge is -2.26. The number of nitrogens with zero attached hydrogens (tertiary/aromatic N) is 1. The molecule has 1 saturated carbocycles. The summed E-state index contributed by atoms with van der Waals surface area (Å²) in [5, 5.41) is 22.2. The van der Waals surface area contributed by atoms with Gasteiger partial charge in [0, 0.05) is 11.3 Å². The molecule has 1 heterocycles. The second-order valence-electron chi connectivity index (χ2n) is 7.03. The van der Waals surface area contributed by atoms with Gasteiger partial charge in [0.15, 0.2) is 0 Å². The minimum Gasteiger partial charge on any atom is -0.481 e. The zero-order valence-electron chi connectivity index (χ0n) is 13.7. The smallest absolute Gasteiger partial charge is 0.303 e. The Morgan fingerprint density at radius 2 is 1.88 bits per heavy atom. The van der Waals surface area contributed by atoms with E-state index in [4.69, 9.17) is 5.11 Å². The standard InChI is InChI=1S/C18H22N2O3S/c19-11-13-12-5-1-2-6-14(12)24-17(13)20-15(21)9-18(10-16(22)23)7-3-4-8-18/h1-10H2,(H,20,21)(H,22,23). The summed E-state index contributed by atoms with van der Waals surface area (Å²) < 4.78 is 0. The van der Waals surface area contributed by atoms with Crippen LogP contribution in [0.3, 0.4) is 0 Å². The van der Waals surface area contributed by atoms with E-state index in [-0.39, 0.29) is 18.7 Å². The maximum absolute atomic E-state index is 12.5. The third-order valence-electron chi connectivity index (χ3n) is 5.26. The maximum Gasteiger partial charge on any atom is 0.303 e. The van der Waals surface area contributed by atoms with E-state index in [0.29, 0.717) is 10.6 Å². The van der Waals surface area contributed by atoms with Crippen molar-refractivity contribution in [3.63, 3.8) is 0 Å². The van der Waals surface area contributed by atoms with Gasteiger partial charge < -0.3 is 10.4 Å². The number of carboxylic acid groups (broad SMARTS) is 1. The van der Waals surface area contributed by atoms with Crippen LogP contribution in [-0.4, -0.2) is 17.0 Å². The SMILES string of the molecule is N#Cc1c(NC(=O)CC2(CC(=O)O)CCCC2)sc2c1CCCC2. The molecule has 1 aromatic heterocycles. The zero-order valence-corrected chi connectivity index (χ0v) is 14.5. The van der Waals surface area contributed by atoms with E-state index in [1.54, 1.807) is 0 Å². The number of carbonyl (C=O) groups excluding carboxylic acids is 1. The number of thiophene rings is 1. The van der Waals surface area contributed by atoms with E-state index < -0.39 is 11.4 Å². The number of anilines is 1. The summed E-state index contributed by atoms with van der Waals surface area (Å²) in [7, 11) is 0. The van der Waals surface area contributed by atoms with Crippen LogP contribution in [0, 0.1) is 16.7 Å². The number of rotatable bonds is 5. The number of nitriles is 1. The number of aryl methyl sites for hydroxylation is 1. The highest BCUT2D eigenvalue weighted by Crippen LogP contribution is 2.45. The average molecular weight is 346 g/mol. The van der Waals surface area contributed by atoms with Gasteiger partial charge in [-0.3, -0.25) is 9.59 Å². The number of carboxylic acids is 1. The van der Waals surface area contributed by atoms with Gasteiger partial charge in [0.2, 0.25) is 5.91 Å². The number of amides is 1. The van der Waals surface area contributed by atoms with Gasteiger partial charge in [0.1, 0.15) is 11.1 Å². The Morgan fingerprint density at radius 1 is 1.17 bits per heavy atom. The summed E-state index contributed by atoms with van der Waals surface area (Å²) in [6.45, 7) is 0. The largest absolute Gasteiger partial charge is 0.481 e. The van der Waals surface area contributed by atoms with E-state index in [0.717, 1.165) is 56.9 Å².